The normalized spacial score (nSPS) is 13.4. The number of hydrogen-bond donors (Lipinski definition) is 1. The maximum Gasteiger partial charge on any atom is 0.271 e. The Labute approximate surface area is 148 Å². The van der Waals surface area contributed by atoms with E-state index < -0.39 is 5.56 Å². The molecular formula is C18H16N4O2S. The molecule has 1 aliphatic carbocycles. The van der Waals surface area contributed by atoms with Crippen molar-refractivity contribution in [2.75, 3.05) is 0 Å². The Morgan fingerprint density at radius 1 is 1.24 bits per heavy atom. The lowest BCUT2D eigenvalue weighted by Gasteiger charge is -2.09. The van der Waals surface area contributed by atoms with Gasteiger partial charge in [0.15, 0.2) is 0 Å². The smallest absolute Gasteiger partial charge is 0.271 e. The molecule has 126 valence electrons. The molecule has 0 aliphatic heterocycles. The van der Waals surface area contributed by atoms with Gasteiger partial charge < -0.3 is 5.11 Å². The largest absolute Gasteiger partial charge is 0.494 e. The van der Waals surface area contributed by atoms with Crippen LogP contribution in [0, 0.1) is 29.6 Å². The average molecular weight is 352 g/mol. The van der Waals surface area contributed by atoms with Gasteiger partial charge in [-0.3, -0.25) is 9.36 Å². The molecule has 0 saturated heterocycles. The number of aryl methyl sites for hydroxylation is 1. The van der Waals surface area contributed by atoms with Crippen molar-refractivity contribution in [3.05, 3.63) is 43.0 Å². The van der Waals surface area contributed by atoms with Gasteiger partial charge in [-0.05, 0) is 43.7 Å². The highest BCUT2D eigenvalue weighted by Gasteiger charge is 2.21. The molecule has 1 aliphatic rings. The number of aromatic nitrogens is 1. The Kier molecular flexibility index (Phi) is 4.43. The summed E-state index contributed by atoms with van der Waals surface area (Å²) in [5.41, 5.74) is 1.82. The average Bonchev–Trinajstić information content (AvgIpc) is 2.97. The third kappa shape index (κ3) is 2.73. The number of fused-ring (bicyclic) bond motifs is 1. The first-order valence-electron chi connectivity index (χ1n) is 7.91. The van der Waals surface area contributed by atoms with Gasteiger partial charge in [-0.1, -0.05) is 0 Å². The summed E-state index contributed by atoms with van der Waals surface area (Å²) in [6, 6.07) is 4.12. The lowest BCUT2D eigenvalue weighted by atomic mass is 9.96. The van der Waals surface area contributed by atoms with Crippen LogP contribution in [-0.4, -0.2) is 15.9 Å². The first-order valence-corrected chi connectivity index (χ1v) is 8.72. The Bertz CT molecular complexity index is 1030. The van der Waals surface area contributed by atoms with E-state index in [1.54, 1.807) is 6.92 Å². The maximum atomic E-state index is 12.0. The lowest BCUT2D eigenvalue weighted by Crippen LogP contribution is -2.22. The summed E-state index contributed by atoms with van der Waals surface area (Å²) in [6.45, 7) is 1.60. The minimum absolute atomic E-state index is 0.0206. The summed E-state index contributed by atoms with van der Waals surface area (Å²) in [7, 11) is 1.40. The summed E-state index contributed by atoms with van der Waals surface area (Å²) < 4.78 is 1.03. The highest BCUT2D eigenvalue weighted by molar-refractivity contribution is 7.16. The van der Waals surface area contributed by atoms with E-state index in [0.29, 0.717) is 21.7 Å². The molecule has 0 bridgehead atoms. The SMILES string of the molecule is Cc1c(/C=N/c2sc3c(c2C#N)CCCC3)c(O)n(C)c(=O)c1C#N. The van der Waals surface area contributed by atoms with Crippen LogP contribution in [0.25, 0.3) is 0 Å². The second-order valence-electron chi connectivity index (χ2n) is 5.97. The van der Waals surface area contributed by atoms with Gasteiger partial charge in [-0.15, -0.1) is 11.3 Å². The quantitative estimate of drug-likeness (QED) is 0.839. The molecule has 7 heteroatoms. The van der Waals surface area contributed by atoms with E-state index in [9.17, 15) is 20.4 Å². The van der Waals surface area contributed by atoms with E-state index in [1.807, 2.05) is 6.07 Å². The Morgan fingerprint density at radius 3 is 2.60 bits per heavy atom. The molecule has 0 aromatic carbocycles. The Morgan fingerprint density at radius 2 is 1.92 bits per heavy atom. The molecule has 0 amide bonds. The molecule has 2 aromatic rings. The number of hydrogen-bond acceptors (Lipinski definition) is 6. The van der Waals surface area contributed by atoms with E-state index in [1.165, 1.54) is 29.5 Å². The van der Waals surface area contributed by atoms with Crippen LogP contribution >= 0.6 is 11.3 Å². The molecule has 6 nitrogen and oxygen atoms in total. The van der Waals surface area contributed by atoms with Gasteiger partial charge in [0.1, 0.15) is 22.7 Å². The zero-order valence-corrected chi connectivity index (χ0v) is 14.8. The summed E-state index contributed by atoms with van der Waals surface area (Å²) in [4.78, 5) is 17.6. The van der Waals surface area contributed by atoms with Crippen LogP contribution in [0.5, 0.6) is 5.88 Å². The van der Waals surface area contributed by atoms with Crippen LogP contribution in [0.2, 0.25) is 0 Å². The van der Waals surface area contributed by atoms with Crippen LogP contribution in [-0.2, 0) is 19.9 Å². The van der Waals surface area contributed by atoms with Crippen molar-refractivity contribution >= 4 is 22.6 Å². The summed E-state index contributed by atoms with van der Waals surface area (Å²) in [5, 5.41) is 29.5. The topological polar surface area (TPSA) is 102 Å². The summed E-state index contributed by atoms with van der Waals surface area (Å²) in [6.07, 6.45) is 5.49. The van der Waals surface area contributed by atoms with E-state index in [4.69, 9.17) is 0 Å². The van der Waals surface area contributed by atoms with Crippen molar-refractivity contribution in [2.24, 2.45) is 12.0 Å². The molecule has 3 rings (SSSR count). The van der Waals surface area contributed by atoms with E-state index in [-0.39, 0.29) is 11.4 Å². The molecule has 0 unspecified atom stereocenters. The fourth-order valence-electron chi connectivity index (χ4n) is 3.07. The number of aliphatic imine (C=N–C) groups is 1. The van der Waals surface area contributed by atoms with Crippen molar-refractivity contribution < 1.29 is 5.11 Å². The van der Waals surface area contributed by atoms with Crippen molar-refractivity contribution in [2.45, 2.75) is 32.6 Å². The number of nitrogens with zero attached hydrogens (tertiary/aromatic N) is 4. The van der Waals surface area contributed by atoms with Crippen molar-refractivity contribution in [1.29, 1.82) is 10.5 Å². The number of thiophene rings is 1. The lowest BCUT2D eigenvalue weighted by molar-refractivity contribution is 0.421. The van der Waals surface area contributed by atoms with Crippen LogP contribution in [0.4, 0.5) is 5.00 Å². The van der Waals surface area contributed by atoms with Crippen LogP contribution < -0.4 is 5.56 Å². The molecule has 0 atom stereocenters. The van der Waals surface area contributed by atoms with Gasteiger partial charge >= 0.3 is 0 Å². The standard InChI is InChI=1S/C18H16N4O2S/c1-10-12(7-19)17(23)22(2)18(24)14(10)9-21-16-13(8-20)11-5-3-4-6-15(11)25-16/h9,24H,3-6H2,1-2H3/b21-9+. The highest BCUT2D eigenvalue weighted by Crippen LogP contribution is 2.39. The van der Waals surface area contributed by atoms with Gasteiger partial charge in [0.05, 0.1) is 11.1 Å². The van der Waals surface area contributed by atoms with Gasteiger partial charge in [0.25, 0.3) is 5.56 Å². The van der Waals surface area contributed by atoms with Gasteiger partial charge in [-0.25, -0.2) is 4.99 Å². The van der Waals surface area contributed by atoms with Gasteiger partial charge in [0, 0.05) is 18.1 Å². The predicted molar refractivity (Wildman–Crippen MR) is 95.7 cm³/mol. The monoisotopic (exact) mass is 352 g/mol. The molecular weight excluding hydrogens is 336 g/mol. The summed E-state index contributed by atoms with van der Waals surface area (Å²) in [5.74, 6) is -0.245. The van der Waals surface area contributed by atoms with Crippen molar-refractivity contribution in [1.82, 2.24) is 4.57 Å². The van der Waals surface area contributed by atoms with Gasteiger partial charge in [-0.2, -0.15) is 10.5 Å². The molecule has 0 spiro atoms. The van der Waals surface area contributed by atoms with Crippen LogP contribution in [0.1, 0.15) is 45.5 Å². The van der Waals surface area contributed by atoms with E-state index in [2.05, 4.69) is 11.1 Å². The van der Waals surface area contributed by atoms with Crippen molar-refractivity contribution in [3.63, 3.8) is 0 Å². The third-order valence-electron chi connectivity index (χ3n) is 4.54. The fourth-order valence-corrected chi connectivity index (χ4v) is 4.26. The molecule has 2 aromatic heterocycles. The highest BCUT2D eigenvalue weighted by atomic mass is 32.1. The van der Waals surface area contributed by atoms with Crippen LogP contribution in [0.3, 0.4) is 0 Å². The number of nitriles is 2. The number of rotatable bonds is 2. The number of aromatic hydroxyl groups is 1. The third-order valence-corrected chi connectivity index (χ3v) is 5.74. The van der Waals surface area contributed by atoms with Crippen LogP contribution in [0.15, 0.2) is 9.79 Å². The minimum Gasteiger partial charge on any atom is -0.494 e. The maximum absolute atomic E-state index is 12.0. The predicted octanol–water partition coefficient (Wildman–Crippen LogP) is 2.83. The first-order chi connectivity index (χ1) is 12.0. The molecule has 0 fully saturated rings. The zero-order chi connectivity index (χ0) is 18.1. The molecule has 25 heavy (non-hydrogen) atoms. The summed E-state index contributed by atoms with van der Waals surface area (Å²) >= 11 is 1.50. The molecule has 0 radical (unpaired) electrons. The second-order valence-corrected chi connectivity index (χ2v) is 7.06. The fraction of sp³-hybridized carbons (Fsp3) is 0.333. The number of pyridine rings is 1. The zero-order valence-electron chi connectivity index (χ0n) is 14.0. The van der Waals surface area contributed by atoms with Gasteiger partial charge in [0.2, 0.25) is 5.88 Å². The first kappa shape index (κ1) is 16.9. The second kappa shape index (κ2) is 6.54. The Balaban J connectivity index is 2.12. The van der Waals surface area contributed by atoms with Crippen molar-refractivity contribution in [3.8, 4) is 18.0 Å². The van der Waals surface area contributed by atoms with E-state index >= 15 is 0 Å². The Hall–Kier alpha value is -2.90. The molecule has 0 saturated carbocycles. The van der Waals surface area contributed by atoms with E-state index in [0.717, 1.165) is 35.8 Å². The molecule has 2 heterocycles. The molecule has 1 N–H and O–H groups in total. The minimum atomic E-state index is -0.543.